The van der Waals surface area contributed by atoms with Gasteiger partial charge in [-0.1, -0.05) is 23.9 Å². The van der Waals surface area contributed by atoms with Crippen molar-refractivity contribution in [2.24, 2.45) is 0 Å². The molecule has 0 spiro atoms. The molecule has 23 heavy (non-hydrogen) atoms. The van der Waals surface area contributed by atoms with Gasteiger partial charge in [-0.15, -0.1) is 0 Å². The summed E-state index contributed by atoms with van der Waals surface area (Å²) in [5.41, 5.74) is 1.27. The van der Waals surface area contributed by atoms with Gasteiger partial charge in [0.15, 0.2) is 0 Å². The number of carbonyl (C=O) groups is 1. The largest absolute Gasteiger partial charge is 0.393 e. The predicted molar refractivity (Wildman–Crippen MR) is 87.8 cm³/mol. The zero-order valence-electron chi connectivity index (χ0n) is 12.3. The van der Waals surface area contributed by atoms with E-state index in [9.17, 15) is 14.3 Å². The molecule has 1 aromatic heterocycles. The average Bonchev–Trinajstić information content (AvgIpc) is 3.02. The van der Waals surface area contributed by atoms with E-state index in [4.69, 9.17) is 0 Å². The van der Waals surface area contributed by atoms with Crippen molar-refractivity contribution in [3.05, 3.63) is 30.1 Å². The van der Waals surface area contributed by atoms with Gasteiger partial charge in [0.25, 0.3) is 0 Å². The number of aliphatic hydroxyl groups is 1. The van der Waals surface area contributed by atoms with Crippen molar-refractivity contribution in [3.8, 4) is 11.3 Å². The zero-order chi connectivity index (χ0) is 16.2. The number of piperidine rings is 1. The van der Waals surface area contributed by atoms with Crippen molar-refractivity contribution in [1.82, 2.24) is 13.6 Å². The van der Waals surface area contributed by atoms with Crippen molar-refractivity contribution in [1.29, 1.82) is 0 Å². The highest BCUT2D eigenvalue weighted by Gasteiger charge is 2.22. The molecule has 0 radical (unpaired) electrons. The first kappa shape index (κ1) is 16.4. The molecule has 0 atom stereocenters. The van der Waals surface area contributed by atoms with Crippen LogP contribution in [0, 0.1) is 5.82 Å². The number of hydrogen-bond donors (Lipinski definition) is 1. The average molecular weight is 353 g/mol. The van der Waals surface area contributed by atoms with Gasteiger partial charge in [-0.3, -0.25) is 4.79 Å². The smallest absolute Gasteiger partial charge is 0.232 e. The minimum Gasteiger partial charge on any atom is -0.393 e. The van der Waals surface area contributed by atoms with Gasteiger partial charge in [0.2, 0.25) is 5.91 Å². The first-order valence-corrected chi connectivity index (χ1v) is 9.02. The highest BCUT2D eigenvalue weighted by atomic mass is 32.2. The van der Waals surface area contributed by atoms with Crippen molar-refractivity contribution in [2.45, 2.75) is 24.0 Å². The Morgan fingerprint density at radius 2 is 2.17 bits per heavy atom. The van der Waals surface area contributed by atoms with Crippen molar-refractivity contribution < 1.29 is 14.3 Å². The summed E-state index contributed by atoms with van der Waals surface area (Å²) < 4.78 is 21.8. The summed E-state index contributed by atoms with van der Waals surface area (Å²) in [6.07, 6.45) is 0.959. The van der Waals surface area contributed by atoms with Crippen LogP contribution >= 0.6 is 23.5 Å². The van der Waals surface area contributed by atoms with Crippen LogP contribution < -0.4 is 0 Å². The summed E-state index contributed by atoms with van der Waals surface area (Å²) in [6, 6.07) is 6.19. The molecule has 8 heteroatoms. The Bertz CT molecular complexity index is 687. The summed E-state index contributed by atoms with van der Waals surface area (Å²) >= 11 is 2.37. The number of aliphatic hydroxyl groups excluding tert-OH is 1. The number of likely N-dealkylation sites (tertiary alicyclic amines) is 1. The summed E-state index contributed by atoms with van der Waals surface area (Å²) in [5.74, 6) is -0.0291. The number of benzene rings is 1. The van der Waals surface area contributed by atoms with Gasteiger partial charge in [-0.25, -0.2) is 4.39 Å². The summed E-state index contributed by atoms with van der Waals surface area (Å²) in [7, 11) is 0. The number of halogens is 1. The van der Waals surface area contributed by atoms with Crippen LogP contribution in [0.2, 0.25) is 0 Å². The zero-order valence-corrected chi connectivity index (χ0v) is 13.9. The number of carbonyl (C=O) groups excluding carboxylic acids is 1. The van der Waals surface area contributed by atoms with E-state index < -0.39 is 0 Å². The highest BCUT2D eigenvalue weighted by molar-refractivity contribution is 8.00. The molecule has 1 fully saturated rings. The lowest BCUT2D eigenvalue weighted by Gasteiger charge is -2.29. The Kier molecular flexibility index (Phi) is 5.24. The second-order valence-electron chi connectivity index (χ2n) is 5.33. The molecule has 1 amide bonds. The lowest BCUT2D eigenvalue weighted by atomic mass is 10.1. The number of amides is 1. The van der Waals surface area contributed by atoms with Crippen LogP contribution in [0.5, 0.6) is 0 Å². The number of rotatable bonds is 4. The molecule has 122 valence electrons. The summed E-state index contributed by atoms with van der Waals surface area (Å²) in [6.45, 7) is 1.18. The van der Waals surface area contributed by atoms with E-state index in [1.807, 2.05) is 0 Å². The normalized spacial score (nSPS) is 15.8. The van der Waals surface area contributed by atoms with Crippen LogP contribution in [-0.2, 0) is 4.79 Å². The van der Waals surface area contributed by atoms with E-state index in [1.165, 1.54) is 23.9 Å². The van der Waals surface area contributed by atoms with Gasteiger partial charge >= 0.3 is 0 Å². The Morgan fingerprint density at radius 1 is 1.39 bits per heavy atom. The van der Waals surface area contributed by atoms with Crippen LogP contribution in [0.15, 0.2) is 29.3 Å². The Hall–Kier alpha value is -1.51. The topological polar surface area (TPSA) is 66.3 Å². The fourth-order valence-electron chi connectivity index (χ4n) is 2.42. The third kappa shape index (κ3) is 4.07. The molecule has 2 heterocycles. The van der Waals surface area contributed by atoms with Gasteiger partial charge < -0.3 is 10.0 Å². The molecule has 0 saturated carbocycles. The SMILES string of the molecule is O=C(CSc1nsnc1-c1cccc(F)c1)N1CCC(O)CC1. The van der Waals surface area contributed by atoms with Crippen molar-refractivity contribution in [2.75, 3.05) is 18.8 Å². The van der Waals surface area contributed by atoms with E-state index in [1.54, 1.807) is 17.0 Å². The van der Waals surface area contributed by atoms with Crippen molar-refractivity contribution >= 4 is 29.4 Å². The molecule has 2 aromatic rings. The summed E-state index contributed by atoms with van der Waals surface area (Å²) in [4.78, 5) is 14.0. The molecule has 1 aliphatic heterocycles. The molecule has 1 saturated heterocycles. The predicted octanol–water partition coefficient (Wildman–Crippen LogP) is 2.42. The van der Waals surface area contributed by atoms with E-state index >= 15 is 0 Å². The second kappa shape index (κ2) is 7.37. The lowest BCUT2D eigenvalue weighted by Crippen LogP contribution is -2.40. The monoisotopic (exact) mass is 353 g/mol. The lowest BCUT2D eigenvalue weighted by molar-refractivity contribution is -0.130. The van der Waals surface area contributed by atoms with E-state index in [0.29, 0.717) is 42.2 Å². The molecule has 1 N–H and O–H groups in total. The highest BCUT2D eigenvalue weighted by Crippen LogP contribution is 2.30. The van der Waals surface area contributed by atoms with Crippen molar-refractivity contribution in [3.63, 3.8) is 0 Å². The maximum absolute atomic E-state index is 13.3. The van der Waals surface area contributed by atoms with E-state index in [2.05, 4.69) is 8.75 Å². The van der Waals surface area contributed by atoms with Gasteiger partial charge in [-0.2, -0.15) is 8.75 Å². The van der Waals surface area contributed by atoms with E-state index in [-0.39, 0.29) is 23.6 Å². The maximum Gasteiger partial charge on any atom is 0.232 e. The van der Waals surface area contributed by atoms with Crippen LogP contribution in [0.1, 0.15) is 12.8 Å². The van der Waals surface area contributed by atoms with Crippen LogP contribution in [-0.4, -0.2) is 49.6 Å². The Morgan fingerprint density at radius 3 is 2.91 bits per heavy atom. The quantitative estimate of drug-likeness (QED) is 0.855. The van der Waals surface area contributed by atoms with Gasteiger partial charge in [0.05, 0.1) is 23.6 Å². The second-order valence-corrected chi connectivity index (χ2v) is 6.82. The third-order valence-corrected chi connectivity index (χ3v) is 5.30. The number of hydrogen-bond acceptors (Lipinski definition) is 6. The molecule has 5 nitrogen and oxygen atoms in total. The Labute approximate surface area is 141 Å². The Balaban J connectivity index is 1.63. The first-order chi connectivity index (χ1) is 11.1. The third-order valence-electron chi connectivity index (χ3n) is 3.71. The fourth-order valence-corrected chi connectivity index (χ4v) is 4.01. The standard InChI is InChI=1S/C15H16FN3O2S2/c16-11-3-1-2-10(8-11)14-15(18-23-17-14)22-9-13(21)19-6-4-12(20)5-7-19/h1-3,8,12,20H,4-7,9H2. The number of nitrogens with zero attached hydrogens (tertiary/aromatic N) is 3. The molecule has 1 aromatic carbocycles. The minimum atomic E-state index is -0.325. The number of thioether (sulfide) groups is 1. The maximum atomic E-state index is 13.3. The van der Waals surface area contributed by atoms with Gasteiger partial charge in [0.1, 0.15) is 16.5 Å². The minimum absolute atomic E-state index is 0.0279. The van der Waals surface area contributed by atoms with Crippen LogP contribution in [0.4, 0.5) is 4.39 Å². The number of aromatic nitrogens is 2. The molecule has 1 aliphatic rings. The van der Waals surface area contributed by atoms with Gasteiger partial charge in [-0.05, 0) is 25.0 Å². The first-order valence-electron chi connectivity index (χ1n) is 7.30. The van der Waals surface area contributed by atoms with E-state index in [0.717, 1.165) is 11.7 Å². The molecular formula is C15H16FN3O2S2. The molecule has 0 unspecified atom stereocenters. The molecule has 0 bridgehead atoms. The molecule has 0 aliphatic carbocycles. The van der Waals surface area contributed by atoms with Crippen LogP contribution in [0.25, 0.3) is 11.3 Å². The summed E-state index contributed by atoms with van der Waals surface area (Å²) in [5, 5.41) is 10.1. The fraction of sp³-hybridized carbons (Fsp3) is 0.400. The molecular weight excluding hydrogens is 337 g/mol. The van der Waals surface area contributed by atoms with Gasteiger partial charge in [0, 0.05) is 18.7 Å². The van der Waals surface area contributed by atoms with Crippen LogP contribution in [0.3, 0.4) is 0 Å². The molecule has 3 rings (SSSR count).